The smallest absolute Gasteiger partial charge is 0.239 e. The highest BCUT2D eigenvalue weighted by Gasteiger charge is 2.68. The van der Waals surface area contributed by atoms with Gasteiger partial charge in [0.1, 0.15) is 12.0 Å². The highest BCUT2D eigenvalue weighted by atomic mass is 16.5. The number of hydrogen-bond donors (Lipinski definition) is 0. The molecule has 0 saturated carbocycles. The van der Waals surface area contributed by atoms with E-state index in [2.05, 4.69) is 6.92 Å². The van der Waals surface area contributed by atoms with Gasteiger partial charge >= 0.3 is 0 Å². The van der Waals surface area contributed by atoms with Crippen LogP contribution >= 0.6 is 0 Å². The maximum absolute atomic E-state index is 13.9. The normalized spacial score (nSPS) is 26.1. The number of carbonyl (C=O) groups excluding carboxylic acids is 3. The Morgan fingerprint density at radius 1 is 0.882 bits per heavy atom. The lowest BCUT2D eigenvalue weighted by molar-refractivity contribution is -0.128. The lowest BCUT2D eigenvalue weighted by Gasteiger charge is -2.51. The Balaban J connectivity index is 1.46. The van der Waals surface area contributed by atoms with E-state index in [-0.39, 0.29) is 17.7 Å². The number of anilines is 1. The fourth-order valence-electron chi connectivity index (χ4n) is 6.31. The van der Waals surface area contributed by atoms with Crippen LogP contribution in [0.5, 0.6) is 5.75 Å². The van der Waals surface area contributed by atoms with Gasteiger partial charge in [-0.2, -0.15) is 0 Å². The molecule has 2 bridgehead atoms. The number of ether oxygens (including phenoxy) is 1. The largest absolute Gasteiger partial charge is 0.494 e. The molecule has 0 spiro atoms. The third-order valence-electron chi connectivity index (χ3n) is 7.73. The molecule has 0 N–H and O–H groups in total. The van der Waals surface area contributed by atoms with Crippen LogP contribution in [0.3, 0.4) is 0 Å². The Labute approximate surface area is 198 Å². The summed E-state index contributed by atoms with van der Waals surface area (Å²) in [5, 5.41) is 0. The summed E-state index contributed by atoms with van der Waals surface area (Å²) in [4.78, 5) is 42.1. The Bertz CT molecular complexity index is 1260. The minimum atomic E-state index is -1.17. The molecule has 34 heavy (non-hydrogen) atoms. The first-order valence-corrected chi connectivity index (χ1v) is 11.9. The van der Waals surface area contributed by atoms with Crippen molar-refractivity contribution in [2.45, 2.75) is 31.1 Å². The average Bonchev–Trinajstić information content (AvgIpc) is 3.15. The van der Waals surface area contributed by atoms with E-state index >= 15 is 0 Å². The second kappa shape index (κ2) is 7.66. The van der Waals surface area contributed by atoms with E-state index in [4.69, 9.17) is 4.74 Å². The number of aldehydes is 1. The van der Waals surface area contributed by atoms with Crippen LogP contribution in [0.4, 0.5) is 5.69 Å². The number of unbranched alkanes of at least 4 members (excludes halogenated alkanes) is 1. The van der Waals surface area contributed by atoms with Gasteiger partial charge in [0.2, 0.25) is 11.8 Å². The van der Waals surface area contributed by atoms with Crippen LogP contribution in [-0.4, -0.2) is 24.7 Å². The van der Waals surface area contributed by atoms with Crippen LogP contribution < -0.4 is 9.64 Å². The summed E-state index contributed by atoms with van der Waals surface area (Å²) >= 11 is 0. The second-order valence-corrected chi connectivity index (χ2v) is 9.35. The van der Waals surface area contributed by atoms with E-state index < -0.39 is 17.3 Å². The molecule has 1 fully saturated rings. The SMILES string of the molecule is CCCCOc1ccc(N2C(=O)C3C4c5ccccc5C(C=O)(c5ccccc54)C3C2=O)cc1. The molecule has 0 aromatic heterocycles. The topological polar surface area (TPSA) is 63.7 Å². The summed E-state index contributed by atoms with van der Waals surface area (Å²) < 4.78 is 5.74. The molecule has 4 aliphatic rings. The summed E-state index contributed by atoms with van der Waals surface area (Å²) in [6.45, 7) is 2.73. The van der Waals surface area contributed by atoms with Crippen molar-refractivity contribution >= 4 is 23.8 Å². The van der Waals surface area contributed by atoms with E-state index in [0.717, 1.165) is 41.4 Å². The number of hydrogen-bond acceptors (Lipinski definition) is 4. The minimum Gasteiger partial charge on any atom is -0.494 e. The second-order valence-electron chi connectivity index (χ2n) is 9.35. The molecule has 3 aromatic rings. The molecule has 1 saturated heterocycles. The van der Waals surface area contributed by atoms with Gasteiger partial charge in [0.25, 0.3) is 0 Å². The molecule has 0 radical (unpaired) electrons. The molecular formula is C29H25NO4. The van der Waals surface area contributed by atoms with Crippen LogP contribution in [0, 0.1) is 11.8 Å². The van der Waals surface area contributed by atoms with E-state index in [1.54, 1.807) is 24.3 Å². The van der Waals surface area contributed by atoms with Crippen LogP contribution in [-0.2, 0) is 19.8 Å². The molecule has 3 aliphatic carbocycles. The zero-order valence-corrected chi connectivity index (χ0v) is 18.9. The predicted molar refractivity (Wildman–Crippen MR) is 128 cm³/mol. The highest BCUT2D eigenvalue weighted by molar-refractivity contribution is 6.24. The Kier molecular flexibility index (Phi) is 4.70. The average molecular weight is 452 g/mol. The number of nitrogens with zero attached hydrogens (tertiary/aromatic N) is 1. The Hall–Kier alpha value is -3.73. The van der Waals surface area contributed by atoms with Gasteiger partial charge in [0.05, 0.1) is 29.5 Å². The van der Waals surface area contributed by atoms with Crippen molar-refractivity contribution in [2.24, 2.45) is 11.8 Å². The number of carbonyl (C=O) groups is 3. The van der Waals surface area contributed by atoms with Gasteiger partial charge in [0.15, 0.2) is 0 Å². The van der Waals surface area contributed by atoms with E-state index in [9.17, 15) is 14.4 Å². The summed E-state index contributed by atoms with van der Waals surface area (Å²) in [5.74, 6) is -1.46. The third-order valence-corrected chi connectivity index (χ3v) is 7.73. The molecule has 1 heterocycles. The lowest BCUT2D eigenvalue weighted by atomic mass is 9.48. The van der Waals surface area contributed by atoms with Gasteiger partial charge < -0.3 is 9.53 Å². The molecule has 5 heteroatoms. The first kappa shape index (κ1) is 20.8. The molecule has 2 amide bonds. The maximum Gasteiger partial charge on any atom is 0.239 e. The van der Waals surface area contributed by atoms with Crippen LogP contribution in [0.1, 0.15) is 47.9 Å². The van der Waals surface area contributed by atoms with Crippen LogP contribution in [0.15, 0.2) is 72.8 Å². The highest BCUT2D eigenvalue weighted by Crippen LogP contribution is 2.63. The maximum atomic E-state index is 13.9. The molecule has 2 unspecified atom stereocenters. The Morgan fingerprint density at radius 2 is 1.50 bits per heavy atom. The zero-order valence-electron chi connectivity index (χ0n) is 18.9. The molecule has 170 valence electrons. The first-order chi connectivity index (χ1) is 16.6. The lowest BCUT2D eigenvalue weighted by Crippen LogP contribution is -2.54. The van der Waals surface area contributed by atoms with E-state index in [0.29, 0.717) is 18.0 Å². The number of imide groups is 1. The van der Waals surface area contributed by atoms with Gasteiger partial charge in [-0.1, -0.05) is 61.9 Å². The number of benzene rings is 3. The van der Waals surface area contributed by atoms with Crippen molar-refractivity contribution in [2.75, 3.05) is 11.5 Å². The van der Waals surface area contributed by atoms with Gasteiger partial charge in [0, 0.05) is 5.92 Å². The van der Waals surface area contributed by atoms with Gasteiger partial charge in [-0.05, 0) is 52.9 Å². The Morgan fingerprint density at radius 3 is 2.09 bits per heavy atom. The molecule has 7 rings (SSSR count). The molecule has 5 nitrogen and oxygen atoms in total. The van der Waals surface area contributed by atoms with Crippen molar-refractivity contribution in [3.05, 3.63) is 95.1 Å². The molecular weight excluding hydrogens is 426 g/mol. The summed E-state index contributed by atoms with van der Waals surface area (Å²) in [6, 6.07) is 22.6. The van der Waals surface area contributed by atoms with Crippen molar-refractivity contribution < 1.29 is 19.1 Å². The number of amides is 2. The quantitative estimate of drug-likeness (QED) is 0.312. The predicted octanol–water partition coefficient (Wildman–Crippen LogP) is 4.62. The molecule has 2 atom stereocenters. The fraction of sp³-hybridized carbons (Fsp3) is 0.276. The van der Waals surface area contributed by atoms with Crippen LogP contribution in [0.25, 0.3) is 0 Å². The van der Waals surface area contributed by atoms with Gasteiger partial charge in [-0.25, -0.2) is 4.90 Å². The molecule has 3 aromatic carbocycles. The van der Waals surface area contributed by atoms with E-state index in [1.807, 2.05) is 48.5 Å². The van der Waals surface area contributed by atoms with Gasteiger partial charge in [-0.15, -0.1) is 0 Å². The monoisotopic (exact) mass is 451 g/mol. The minimum absolute atomic E-state index is 0.241. The van der Waals surface area contributed by atoms with Crippen molar-refractivity contribution in [1.82, 2.24) is 0 Å². The van der Waals surface area contributed by atoms with Crippen molar-refractivity contribution in [1.29, 1.82) is 0 Å². The first-order valence-electron chi connectivity index (χ1n) is 11.9. The third kappa shape index (κ3) is 2.58. The standard InChI is InChI=1S/C29H25NO4/c1-2-3-16-34-19-14-12-18(13-15-19)30-27(32)25-24-20-8-4-6-10-22(20)29(17-31,26(25)28(30)33)23-11-7-5-9-21(23)24/h4-15,17,24-26H,2-3,16H2,1H3. The summed E-state index contributed by atoms with van der Waals surface area (Å²) in [7, 11) is 0. The summed E-state index contributed by atoms with van der Waals surface area (Å²) in [6.07, 6.45) is 2.91. The molecule has 1 aliphatic heterocycles. The van der Waals surface area contributed by atoms with Crippen molar-refractivity contribution in [3.63, 3.8) is 0 Å². The zero-order chi connectivity index (χ0) is 23.4. The fourth-order valence-corrected chi connectivity index (χ4v) is 6.31. The van der Waals surface area contributed by atoms with E-state index in [1.165, 1.54) is 4.90 Å². The van der Waals surface area contributed by atoms with Crippen LogP contribution in [0.2, 0.25) is 0 Å². The van der Waals surface area contributed by atoms with Crippen molar-refractivity contribution in [3.8, 4) is 5.75 Å². The van der Waals surface area contributed by atoms with Gasteiger partial charge in [-0.3, -0.25) is 9.59 Å². The number of rotatable bonds is 6. The summed E-state index contributed by atoms with van der Waals surface area (Å²) in [5.41, 5.74) is 2.97.